The quantitative estimate of drug-likeness (QED) is 0.899. The maximum absolute atomic E-state index is 10.8. The van der Waals surface area contributed by atoms with Crippen molar-refractivity contribution in [2.45, 2.75) is 13.0 Å². The van der Waals surface area contributed by atoms with E-state index >= 15 is 0 Å². The number of ether oxygens (including phenoxy) is 1. The fourth-order valence-corrected chi connectivity index (χ4v) is 2.20. The van der Waals surface area contributed by atoms with Gasteiger partial charge in [-0.25, -0.2) is 4.79 Å². The van der Waals surface area contributed by atoms with Gasteiger partial charge < -0.3 is 9.84 Å². The average molecular weight is 248 g/mol. The molecular weight excluding hydrogens is 236 g/mol. The first kappa shape index (κ1) is 11.7. The molecule has 0 fully saturated rings. The molecule has 4 heteroatoms. The van der Waals surface area contributed by atoms with Gasteiger partial charge in [-0.15, -0.1) is 11.3 Å². The zero-order chi connectivity index (χ0) is 12.3. The zero-order valence-electron chi connectivity index (χ0n) is 9.29. The van der Waals surface area contributed by atoms with Gasteiger partial charge in [0.2, 0.25) is 0 Å². The summed E-state index contributed by atoms with van der Waals surface area (Å²) in [5.74, 6) is -0.370. The van der Waals surface area contributed by atoms with Crippen LogP contribution in [0.15, 0.2) is 41.8 Å². The van der Waals surface area contributed by atoms with Gasteiger partial charge in [-0.05, 0) is 36.6 Å². The third-order valence-corrected chi connectivity index (χ3v) is 3.37. The lowest BCUT2D eigenvalue weighted by Crippen LogP contribution is -2.02. The van der Waals surface area contributed by atoms with Gasteiger partial charge in [-0.2, -0.15) is 0 Å². The molecule has 2 rings (SSSR count). The molecule has 1 atom stereocenters. The molecule has 1 heterocycles. The molecule has 0 radical (unpaired) electrons. The summed E-state index contributed by atoms with van der Waals surface area (Å²) in [6.45, 7) is 1.94. The Morgan fingerprint density at radius 3 is 2.82 bits per heavy atom. The van der Waals surface area contributed by atoms with E-state index in [4.69, 9.17) is 9.84 Å². The first-order valence-corrected chi connectivity index (χ1v) is 6.08. The Morgan fingerprint density at radius 1 is 1.35 bits per heavy atom. The second-order valence-electron chi connectivity index (χ2n) is 3.61. The number of carbonyl (C=O) groups is 1. The van der Waals surface area contributed by atoms with Gasteiger partial charge in [0.05, 0.1) is 5.56 Å². The van der Waals surface area contributed by atoms with E-state index in [1.165, 1.54) is 6.07 Å². The third-order valence-electron chi connectivity index (χ3n) is 2.34. The lowest BCUT2D eigenvalue weighted by atomic mass is 10.2. The molecule has 0 spiro atoms. The Labute approximate surface area is 103 Å². The van der Waals surface area contributed by atoms with Gasteiger partial charge in [0, 0.05) is 4.88 Å². The highest BCUT2D eigenvalue weighted by molar-refractivity contribution is 7.10. The van der Waals surface area contributed by atoms with Gasteiger partial charge in [-0.1, -0.05) is 12.1 Å². The molecule has 1 aromatic carbocycles. The van der Waals surface area contributed by atoms with Crippen molar-refractivity contribution >= 4 is 17.3 Å². The fraction of sp³-hybridized carbons (Fsp3) is 0.154. The Hall–Kier alpha value is -1.81. The van der Waals surface area contributed by atoms with Crippen molar-refractivity contribution in [1.29, 1.82) is 0 Å². The molecule has 2 aromatic rings. The largest absolute Gasteiger partial charge is 0.485 e. The van der Waals surface area contributed by atoms with Crippen molar-refractivity contribution in [3.63, 3.8) is 0 Å². The first-order chi connectivity index (χ1) is 8.16. The number of rotatable bonds is 4. The molecule has 88 valence electrons. The molecule has 0 bridgehead atoms. The minimum absolute atomic E-state index is 0.0703. The number of benzene rings is 1. The van der Waals surface area contributed by atoms with Gasteiger partial charge >= 0.3 is 5.97 Å². The molecule has 0 aliphatic carbocycles. The van der Waals surface area contributed by atoms with Crippen molar-refractivity contribution in [1.82, 2.24) is 0 Å². The summed E-state index contributed by atoms with van der Waals surface area (Å²) in [5.41, 5.74) is 0.237. The lowest BCUT2D eigenvalue weighted by molar-refractivity contribution is 0.0696. The van der Waals surface area contributed by atoms with E-state index in [1.54, 1.807) is 29.5 Å². The summed E-state index contributed by atoms with van der Waals surface area (Å²) >= 11 is 1.62. The van der Waals surface area contributed by atoms with Crippen LogP contribution in [0, 0.1) is 0 Å². The van der Waals surface area contributed by atoms with Crippen LogP contribution in [-0.4, -0.2) is 11.1 Å². The molecule has 1 N–H and O–H groups in total. The van der Waals surface area contributed by atoms with E-state index in [2.05, 4.69) is 0 Å². The number of aromatic carboxylic acids is 1. The summed E-state index contributed by atoms with van der Waals surface area (Å²) in [6.07, 6.45) is -0.0703. The summed E-state index contributed by atoms with van der Waals surface area (Å²) in [4.78, 5) is 11.9. The summed E-state index contributed by atoms with van der Waals surface area (Å²) < 4.78 is 5.70. The van der Waals surface area contributed by atoms with Crippen LogP contribution in [0.25, 0.3) is 0 Å². The maximum atomic E-state index is 10.8. The van der Waals surface area contributed by atoms with Crippen molar-refractivity contribution in [2.75, 3.05) is 0 Å². The second kappa shape index (κ2) is 5.01. The van der Waals surface area contributed by atoms with Gasteiger partial charge in [0.25, 0.3) is 0 Å². The van der Waals surface area contributed by atoms with E-state index in [-0.39, 0.29) is 11.7 Å². The molecule has 0 aliphatic rings. The highest BCUT2D eigenvalue weighted by Gasteiger charge is 2.09. The first-order valence-electron chi connectivity index (χ1n) is 5.20. The fourth-order valence-electron chi connectivity index (χ4n) is 1.49. The predicted octanol–water partition coefficient (Wildman–Crippen LogP) is 3.59. The smallest absolute Gasteiger partial charge is 0.335 e. The molecule has 0 saturated heterocycles. The van der Waals surface area contributed by atoms with Crippen LogP contribution in [0.3, 0.4) is 0 Å². The second-order valence-corrected chi connectivity index (χ2v) is 4.59. The van der Waals surface area contributed by atoms with Crippen LogP contribution in [-0.2, 0) is 0 Å². The van der Waals surface area contributed by atoms with Crippen LogP contribution in [0.2, 0.25) is 0 Å². The topological polar surface area (TPSA) is 46.5 Å². The Morgan fingerprint density at radius 2 is 2.18 bits per heavy atom. The molecule has 1 unspecified atom stereocenters. The van der Waals surface area contributed by atoms with E-state index in [1.807, 2.05) is 24.4 Å². The monoisotopic (exact) mass is 248 g/mol. The summed E-state index contributed by atoms with van der Waals surface area (Å²) in [7, 11) is 0. The van der Waals surface area contributed by atoms with E-state index in [9.17, 15) is 4.79 Å². The van der Waals surface area contributed by atoms with E-state index < -0.39 is 5.97 Å². The lowest BCUT2D eigenvalue weighted by Gasteiger charge is -2.13. The van der Waals surface area contributed by atoms with Crippen molar-refractivity contribution in [3.05, 3.63) is 52.2 Å². The molecule has 3 nitrogen and oxygen atoms in total. The normalized spacial score (nSPS) is 12.1. The Kier molecular flexibility index (Phi) is 3.44. The number of carboxylic acid groups (broad SMARTS) is 1. The maximum Gasteiger partial charge on any atom is 0.335 e. The van der Waals surface area contributed by atoms with Crippen molar-refractivity contribution < 1.29 is 14.6 Å². The zero-order valence-corrected chi connectivity index (χ0v) is 10.1. The van der Waals surface area contributed by atoms with Gasteiger partial charge in [0.15, 0.2) is 0 Å². The third kappa shape index (κ3) is 2.85. The van der Waals surface area contributed by atoms with Gasteiger partial charge in [-0.3, -0.25) is 0 Å². The molecule has 0 saturated carbocycles. The SMILES string of the molecule is CC(Oc1cccc(C(=O)O)c1)c1cccs1. The van der Waals surface area contributed by atoms with Crippen molar-refractivity contribution in [3.8, 4) is 5.75 Å². The number of thiophene rings is 1. The minimum atomic E-state index is -0.945. The van der Waals surface area contributed by atoms with Crippen LogP contribution in [0.1, 0.15) is 28.3 Å². The molecule has 17 heavy (non-hydrogen) atoms. The van der Waals surface area contributed by atoms with Crippen LogP contribution in [0.5, 0.6) is 5.75 Å². The molecule has 0 aliphatic heterocycles. The number of hydrogen-bond acceptors (Lipinski definition) is 3. The number of carboxylic acids is 1. The average Bonchev–Trinajstić information content (AvgIpc) is 2.82. The van der Waals surface area contributed by atoms with Crippen LogP contribution < -0.4 is 4.74 Å². The molecular formula is C13H12O3S. The highest BCUT2D eigenvalue weighted by atomic mass is 32.1. The van der Waals surface area contributed by atoms with Crippen LogP contribution >= 0.6 is 11.3 Å². The minimum Gasteiger partial charge on any atom is -0.485 e. The van der Waals surface area contributed by atoms with E-state index in [0.29, 0.717) is 5.75 Å². The van der Waals surface area contributed by atoms with Gasteiger partial charge in [0.1, 0.15) is 11.9 Å². The summed E-state index contributed by atoms with van der Waals surface area (Å²) in [5, 5.41) is 10.9. The van der Waals surface area contributed by atoms with Crippen LogP contribution in [0.4, 0.5) is 0 Å². The Balaban J connectivity index is 2.13. The number of hydrogen-bond donors (Lipinski definition) is 1. The highest BCUT2D eigenvalue weighted by Crippen LogP contribution is 2.25. The molecule has 1 aromatic heterocycles. The predicted molar refractivity (Wildman–Crippen MR) is 66.8 cm³/mol. The Bertz CT molecular complexity index is 505. The summed E-state index contributed by atoms with van der Waals surface area (Å²) in [6, 6.07) is 10.5. The molecule has 0 amide bonds. The van der Waals surface area contributed by atoms with E-state index in [0.717, 1.165) is 4.88 Å². The van der Waals surface area contributed by atoms with Crippen molar-refractivity contribution in [2.24, 2.45) is 0 Å². The standard InChI is InChI=1S/C13H12O3S/c1-9(12-6-3-7-17-12)16-11-5-2-4-10(8-11)13(14)15/h2-9H,1H3,(H,14,15).